The van der Waals surface area contributed by atoms with Crippen molar-refractivity contribution in [1.82, 2.24) is 4.57 Å². The third kappa shape index (κ3) is 4.13. The molecule has 7 heteroatoms. The van der Waals surface area contributed by atoms with Gasteiger partial charge in [0.2, 0.25) is 0 Å². The maximum Gasteiger partial charge on any atom is 0.286 e. The monoisotopic (exact) mass is 400 g/mol. The Balaban J connectivity index is 1.88. The van der Waals surface area contributed by atoms with E-state index in [0.29, 0.717) is 11.5 Å². The zero-order valence-electron chi connectivity index (χ0n) is 13.0. The van der Waals surface area contributed by atoms with Crippen LogP contribution in [0, 0.1) is 10.1 Å². The third-order valence-corrected chi connectivity index (χ3v) is 4.04. The van der Waals surface area contributed by atoms with Gasteiger partial charge in [-0.05, 0) is 45.8 Å². The topological polar surface area (TPSA) is 74.4 Å². The van der Waals surface area contributed by atoms with Crippen molar-refractivity contribution in [2.24, 2.45) is 0 Å². The van der Waals surface area contributed by atoms with E-state index in [1.165, 1.54) is 16.8 Å². The predicted octanol–water partition coefficient (Wildman–Crippen LogP) is 4.36. The van der Waals surface area contributed by atoms with Gasteiger partial charge in [-0.3, -0.25) is 14.9 Å². The van der Waals surface area contributed by atoms with Crippen LogP contribution >= 0.6 is 15.9 Å². The van der Waals surface area contributed by atoms with Crippen molar-refractivity contribution in [3.63, 3.8) is 0 Å². The lowest BCUT2D eigenvalue weighted by Gasteiger charge is -2.09. The van der Waals surface area contributed by atoms with Gasteiger partial charge in [0.1, 0.15) is 11.5 Å². The van der Waals surface area contributed by atoms with Gasteiger partial charge in [-0.2, -0.15) is 0 Å². The molecule has 1 aromatic heterocycles. The second-order valence-electron chi connectivity index (χ2n) is 5.30. The van der Waals surface area contributed by atoms with Gasteiger partial charge < -0.3 is 9.30 Å². The van der Waals surface area contributed by atoms with E-state index >= 15 is 0 Å². The number of nitro groups is 1. The molecule has 1 heterocycles. The number of para-hydroxylation sites is 1. The minimum absolute atomic E-state index is 0.150. The first kappa shape index (κ1) is 16.9. The predicted molar refractivity (Wildman–Crippen MR) is 97.1 cm³/mol. The summed E-state index contributed by atoms with van der Waals surface area (Å²) in [6, 6.07) is 17.8. The van der Waals surface area contributed by atoms with Crippen molar-refractivity contribution in [1.29, 1.82) is 0 Å². The normalized spacial score (nSPS) is 10.4. The second-order valence-corrected chi connectivity index (χ2v) is 6.15. The molecule has 0 spiro atoms. The molecular weight excluding hydrogens is 388 g/mol. The summed E-state index contributed by atoms with van der Waals surface area (Å²) in [5.74, 6) is 1.33. The third-order valence-electron chi connectivity index (χ3n) is 3.47. The van der Waals surface area contributed by atoms with E-state index in [1.54, 1.807) is 6.07 Å². The lowest BCUT2D eigenvalue weighted by atomic mass is 10.2. The van der Waals surface area contributed by atoms with Gasteiger partial charge in [-0.15, -0.1) is 0 Å². The van der Waals surface area contributed by atoms with E-state index in [2.05, 4.69) is 15.9 Å². The summed E-state index contributed by atoms with van der Waals surface area (Å²) in [6.45, 7) is 0.200. The summed E-state index contributed by atoms with van der Waals surface area (Å²) in [6.07, 6.45) is 1.23. The molecule has 0 N–H and O–H groups in total. The zero-order chi connectivity index (χ0) is 17.8. The minimum Gasteiger partial charge on any atom is -0.457 e. The first-order valence-corrected chi connectivity index (χ1v) is 8.18. The number of hydrogen-bond acceptors (Lipinski definition) is 4. The Kier molecular flexibility index (Phi) is 4.95. The van der Waals surface area contributed by atoms with Gasteiger partial charge >= 0.3 is 0 Å². The molecule has 0 fully saturated rings. The van der Waals surface area contributed by atoms with Gasteiger partial charge in [0.15, 0.2) is 0 Å². The van der Waals surface area contributed by atoms with Crippen LogP contribution in [-0.2, 0) is 6.54 Å². The van der Waals surface area contributed by atoms with Crippen molar-refractivity contribution in [3.8, 4) is 11.5 Å². The Bertz CT molecular complexity index is 970. The molecule has 0 radical (unpaired) electrons. The Morgan fingerprint density at radius 2 is 1.76 bits per heavy atom. The average Bonchev–Trinajstić information content (AvgIpc) is 2.60. The van der Waals surface area contributed by atoms with Crippen molar-refractivity contribution < 1.29 is 9.66 Å². The van der Waals surface area contributed by atoms with E-state index in [1.807, 2.05) is 48.5 Å². The second kappa shape index (κ2) is 7.31. The number of hydrogen-bond donors (Lipinski definition) is 0. The molecular formula is C18H13BrN2O4. The molecule has 0 aliphatic carbocycles. The Hall–Kier alpha value is -2.93. The number of ether oxygens (including phenoxy) is 1. The highest BCUT2D eigenvalue weighted by Crippen LogP contribution is 2.22. The van der Waals surface area contributed by atoms with Crippen LogP contribution in [0.15, 0.2) is 76.1 Å². The van der Waals surface area contributed by atoms with E-state index in [0.717, 1.165) is 5.56 Å². The van der Waals surface area contributed by atoms with Crippen LogP contribution in [0.3, 0.4) is 0 Å². The molecule has 0 atom stereocenters. The molecule has 0 aliphatic heterocycles. The highest BCUT2D eigenvalue weighted by molar-refractivity contribution is 9.10. The molecule has 126 valence electrons. The summed E-state index contributed by atoms with van der Waals surface area (Å²) in [7, 11) is 0. The molecule has 2 aromatic carbocycles. The van der Waals surface area contributed by atoms with Crippen LogP contribution in [-0.4, -0.2) is 9.49 Å². The van der Waals surface area contributed by atoms with Gasteiger partial charge in [-0.25, -0.2) is 0 Å². The van der Waals surface area contributed by atoms with Crippen LogP contribution in [0.5, 0.6) is 11.5 Å². The summed E-state index contributed by atoms with van der Waals surface area (Å²) in [5, 5.41) is 11.0. The fourth-order valence-electron chi connectivity index (χ4n) is 2.33. The van der Waals surface area contributed by atoms with Gasteiger partial charge in [0.25, 0.3) is 11.2 Å². The minimum atomic E-state index is -0.532. The Morgan fingerprint density at radius 1 is 1.04 bits per heavy atom. The summed E-state index contributed by atoms with van der Waals surface area (Å²) < 4.78 is 7.21. The standard InChI is InChI=1S/C18H13BrN2O4/c19-17-10-14(21(23)24)12-20(18(17)22)11-13-5-4-8-16(9-13)25-15-6-2-1-3-7-15/h1-10,12H,11H2. The van der Waals surface area contributed by atoms with Gasteiger partial charge in [0, 0.05) is 6.07 Å². The van der Waals surface area contributed by atoms with E-state index < -0.39 is 4.92 Å². The molecule has 0 unspecified atom stereocenters. The molecule has 0 aliphatic rings. The number of rotatable bonds is 5. The maximum atomic E-state index is 12.2. The molecule has 3 rings (SSSR count). The van der Waals surface area contributed by atoms with Crippen LogP contribution in [0.25, 0.3) is 0 Å². The lowest BCUT2D eigenvalue weighted by Crippen LogP contribution is -2.21. The highest BCUT2D eigenvalue weighted by atomic mass is 79.9. The largest absolute Gasteiger partial charge is 0.457 e. The summed E-state index contributed by atoms with van der Waals surface area (Å²) in [4.78, 5) is 22.6. The summed E-state index contributed by atoms with van der Waals surface area (Å²) in [5.41, 5.74) is 0.311. The van der Waals surface area contributed by atoms with Crippen molar-refractivity contribution in [3.05, 3.63) is 97.4 Å². The Morgan fingerprint density at radius 3 is 2.48 bits per heavy atom. The fourth-order valence-corrected chi connectivity index (χ4v) is 2.79. The molecule has 0 saturated heterocycles. The zero-order valence-corrected chi connectivity index (χ0v) is 14.5. The van der Waals surface area contributed by atoms with E-state index in [-0.39, 0.29) is 22.3 Å². The maximum absolute atomic E-state index is 12.2. The van der Waals surface area contributed by atoms with Crippen LogP contribution in [0.2, 0.25) is 0 Å². The van der Waals surface area contributed by atoms with Gasteiger partial charge in [-0.1, -0.05) is 30.3 Å². The number of nitrogens with zero attached hydrogens (tertiary/aromatic N) is 2. The van der Waals surface area contributed by atoms with Crippen LogP contribution in [0.1, 0.15) is 5.56 Å². The number of benzene rings is 2. The van der Waals surface area contributed by atoms with E-state index in [9.17, 15) is 14.9 Å². The molecule has 0 saturated carbocycles. The SMILES string of the molecule is O=c1c(Br)cc([N+](=O)[O-])cn1Cc1cccc(Oc2ccccc2)c1. The molecule has 3 aromatic rings. The Labute approximate surface area is 151 Å². The summed E-state index contributed by atoms with van der Waals surface area (Å²) >= 11 is 3.07. The molecule has 25 heavy (non-hydrogen) atoms. The lowest BCUT2D eigenvalue weighted by molar-refractivity contribution is -0.385. The van der Waals surface area contributed by atoms with Gasteiger partial charge in [0.05, 0.1) is 22.1 Å². The van der Waals surface area contributed by atoms with Crippen molar-refractivity contribution in [2.75, 3.05) is 0 Å². The highest BCUT2D eigenvalue weighted by Gasteiger charge is 2.12. The molecule has 0 bridgehead atoms. The molecule has 0 amide bonds. The number of pyridine rings is 1. The first-order chi connectivity index (χ1) is 12.0. The number of halogens is 1. The molecule has 6 nitrogen and oxygen atoms in total. The average molecular weight is 401 g/mol. The fraction of sp³-hybridized carbons (Fsp3) is 0.0556. The van der Waals surface area contributed by atoms with Crippen molar-refractivity contribution >= 4 is 21.6 Å². The first-order valence-electron chi connectivity index (χ1n) is 7.39. The van der Waals surface area contributed by atoms with E-state index in [4.69, 9.17) is 4.74 Å². The van der Waals surface area contributed by atoms with Crippen LogP contribution in [0.4, 0.5) is 5.69 Å². The van der Waals surface area contributed by atoms with Crippen molar-refractivity contribution in [2.45, 2.75) is 6.54 Å². The number of aromatic nitrogens is 1. The quantitative estimate of drug-likeness (QED) is 0.470. The van der Waals surface area contributed by atoms with Crippen LogP contribution < -0.4 is 10.3 Å². The smallest absolute Gasteiger partial charge is 0.286 e.